The van der Waals surface area contributed by atoms with Gasteiger partial charge in [-0.15, -0.1) is 0 Å². The molecule has 5 aliphatic rings. The minimum atomic E-state index is -0.123. The molecule has 2 heterocycles. The Kier molecular flexibility index (Phi) is 7.82. The molecule has 0 radical (unpaired) electrons. The molecule has 6 aromatic carbocycles. The van der Waals surface area contributed by atoms with Gasteiger partial charge in [0, 0.05) is 39.0 Å². The van der Waals surface area contributed by atoms with Crippen molar-refractivity contribution >= 4 is 22.7 Å². The van der Waals surface area contributed by atoms with Crippen LogP contribution in [0.4, 0.5) is 22.7 Å². The minimum Gasteiger partial charge on any atom is -0.334 e. The highest BCUT2D eigenvalue weighted by atomic mass is 15.3. The Bertz CT molecular complexity index is 2510. The Hall–Kier alpha value is -5.08. The van der Waals surface area contributed by atoms with E-state index in [-0.39, 0.29) is 27.3 Å². The number of hydrogen-bond acceptors (Lipinski definition) is 2. The maximum atomic E-state index is 2.70. The van der Waals surface area contributed by atoms with Gasteiger partial charge in [-0.2, -0.15) is 0 Å². The molecule has 2 nitrogen and oxygen atoms in total. The van der Waals surface area contributed by atoms with Gasteiger partial charge in [-0.3, -0.25) is 0 Å². The Balaban J connectivity index is 0.987. The average molecular weight is 773 g/mol. The number of rotatable bonds is 4. The summed E-state index contributed by atoms with van der Waals surface area (Å²) in [4.78, 5) is 5.41. The monoisotopic (exact) mass is 772 g/mol. The van der Waals surface area contributed by atoms with Gasteiger partial charge < -0.3 is 9.80 Å². The molecule has 0 aromatic heterocycles. The van der Waals surface area contributed by atoms with E-state index in [0.717, 1.165) is 0 Å². The first-order valence-corrected chi connectivity index (χ1v) is 22.6. The van der Waals surface area contributed by atoms with Crippen LogP contribution in [0.5, 0.6) is 0 Å². The van der Waals surface area contributed by atoms with E-state index < -0.39 is 0 Å². The van der Waals surface area contributed by atoms with E-state index in [0.29, 0.717) is 0 Å². The van der Waals surface area contributed by atoms with Crippen molar-refractivity contribution in [3.8, 4) is 33.4 Å². The molecule has 0 spiro atoms. The Labute approximate surface area is 353 Å². The van der Waals surface area contributed by atoms with E-state index in [1.165, 1.54) is 141 Å². The lowest BCUT2D eigenvalue weighted by Crippen LogP contribution is -2.54. The summed E-state index contributed by atoms with van der Waals surface area (Å²) in [5.41, 5.74) is 22.4. The summed E-state index contributed by atoms with van der Waals surface area (Å²) in [6, 6.07) is 47.3. The van der Waals surface area contributed by atoms with Crippen LogP contribution in [0.2, 0.25) is 0 Å². The second-order valence-electron chi connectivity index (χ2n) is 20.5. The quantitative estimate of drug-likeness (QED) is 0.176. The lowest BCUT2D eigenvalue weighted by atomic mass is 9.61. The van der Waals surface area contributed by atoms with Crippen molar-refractivity contribution in [1.82, 2.24) is 0 Å². The minimum absolute atomic E-state index is 0.0471. The van der Waals surface area contributed by atoms with Crippen molar-refractivity contribution in [3.05, 3.63) is 155 Å². The molecule has 0 amide bonds. The molecule has 2 aliphatic heterocycles. The van der Waals surface area contributed by atoms with Crippen molar-refractivity contribution in [2.24, 2.45) is 0 Å². The summed E-state index contributed by atoms with van der Waals surface area (Å²) < 4.78 is 0. The van der Waals surface area contributed by atoms with Gasteiger partial charge in [-0.25, -0.2) is 0 Å². The summed E-state index contributed by atoms with van der Waals surface area (Å²) in [7, 11) is 0. The van der Waals surface area contributed by atoms with Crippen molar-refractivity contribution in [1.29, 1.82) is 0 Å². The molecule has 4 atom stereocenters. The number of para-hydroxylation sites is 2. The summed E-state index contributed by atoms with van der Waals surface area (Å²) in [5, 5.41) is 0. The first-order valence-electron chi connectivity index (χ1n) is 22.6. The Morgan fingerprint density at radius 3 is 1.19 bits per heavy atom. The Morgan fingerprint density at radius 2 is 0.780 bits per heavy atom. The molecule has 59 heavy (non-hydrogen) atoms. The lowest BCUT2D eigenvalue weighted by molar-refractivity contribution is 0.195. The summed E-state index contributed by atoms with van der Waals surface area (Å²) >= 11 is 0. The smallest absolute Gasteiger partial charge is 0.0517 e. The molecule has 6 aromatic rings. The molecule has 0 saturated heterocycles. The van der Waals surface area contributed by atoms with Crippen LogP contribution in [0.1, 0.15) is 126 Å². The summed E-state index contributed by atoms with van der Waals surface area (Å²) in [5.74, 6) is 0. The first kappa shape index (κ1) is 37.0. The van der Waals surface area contributed by atoms with Crippen molar-refractivity contribution < 1.29 is 0 Å². The highest BCUT2D eigenvalue weighted by molar-refractivity contribution is 5.89. The van der Waals surface area contributed by atoms with Gasteiger partial charge in [-0.1, -0.05) is 114 Å². The third-order valence-corrected chi connectivity index (χ3v) is 17.2. The molecule has 3 aliphatic carbocycles. The number of aryl methyl sites for hydroxylation is 2. The SMILES string of the molecule is Cc1cc2c(cc1-c1ccc3c(c1)C(C)(C)c1cc(-c4cc5c(cc4C)N(c4ccccc4)C4(C)CCCCC54C)ccc1-3)C1(C)CCCCC1(C)N2c1ccccc1. The number of nitrogens with zero attached hydrogens (tertiary/aromatic N) is 2. The Morgan fingerprint density at radius 1 is 0.390 bits per heavy atom. The molecule has 2 heteroatoms. The number of benzene rings is 6. The number of fused-ring (bicyclic) bond motifs is 9. The molecular weight excluding hydrogens is 713 g/mol. The second kappa shape index (κ2) is 12.5. The zero-order valence-corrected chi connectivity index (χ0v) is 36.6. The number of hydrogen-bond donors (Lipinski definition) is 0. The van der Waals surface area contributed by atoms with Gasteiger partial charge in [0.25, 0.3) is 0 Å². The van der Waals surface area contributed by atoms with Gasteiger partial charge in [-0.05, 0) is 181 Å². The molecule has 0 bridgehead atoms. The molecular formula is C57H60N2. The van der Waals surface area contributed by atoms with Crippen molar-refractivity contribution in [2.45, 2.75) is 134 Å². The average Bonchev–Trinajstić information content (AvgIpc) is 3.67. The summed E-state index contributed by atoms with van der Waals surface area (Å²) in [6.45, 7) is 19.8. The van der Waals surface area contributed by atoms with Gasteiger partial charge in [0.2, 0.25) is 0 Å². The van der Waals surface area contributed by atoms with E-state index >= 15 is 0 Å². The maximum Gasteiger partial charge on any atom is 0.0517 e. The zero-order chi connectivity index (χ0) is 40.7. The van der Waals surface area contributed by atoms with Crippen LogP contribution in [0.25, 0.3) is 33.4 Å². The van der Waals surface area contributed by atoms with Crippen LogP contribution >= 0.6 is 0 Å². The van der Waals surface area contributed by atoms with E-state index in [1.54, 1.807) is 0 Å². The predicted molar refractivity (Wildman–Crippen MR) is 250 cm³/mol. The van der Waals surface area contributed by atoms with Crippen LogP contribution in [-0.2, 0) is 16.2 Å². The predicted octanol–water partition coefficient (Wildman–Crippen LogP) is 15.4. The highest BCUT2D eigenvalue weighted by Gasteiger charge is 2.59. The third kappa shape index (κ3) is 4.81. The third-order valence-electron chi connectivity index (χ3n) is 17.2. The molecule has 4 unspecified atom stereocenters. The fourth-order valence-corrected chi connectivity index (χ4v) is 13.4. The van der Waals surface area contributed by atoms with E-state index in [9.17, 15) is 0 Å². The van der Waals surface area contributed by atoms with Crippen LogP contribution in [0, 0.1) is 13.8 Å². The topological polar surface area (TPSA) is 6.48 Å². The zero-order valence-electron chi connectivity index (χ0n) is 36.6. The van der Waals surface area contributed by atoms with Crippen LogP contribution in [0.3, 0.4) is 0 Å². The van der Waals surface area contributed by atoms with Gasteiger partial charge in [0.1, 0.15) is 0 Å². The fourth-order valence-electron chi connectivity index (χ4n) is 13.4. The van der Waals surface area contributed by atoms with E-state index in [4.69, 9.17) is 0 Å². The van der Waals surface area contributed by atoms with Gasteiger partial charge in [0.05, 0.1) is 11.1 Å². The van der Waals surface area contributed by atoms with E-state index in [1.807, 2.05) is 0 Å². The molecule has 2 saturated carbocycles. The standard InChI is InChI=1S/C57H60N2/c1-37-31-51-49(54(5)27-15-17-29-56(54,7)58(51)41-19-11-9-12-20-41)35-45(37)39-23-25-43-44-26-24-40(34-48(44)53(3,4)47(43)33-39)46-36-50-52(32-38(46)2)59(42-21-13-10-14-22-42)57(8)30-18-16-28-55(50,57)6/h9-14,19-26,31-36H,15-18,27-30H2,1-8H3. The number of anilines is 4. The van der Waals surface area contributed by atoms with E-state index in [2.05, 4.69) is 187 Å². The van der Waals surface area contributed by atoms with Crippen LogP contribution < -0.4 is 9.80 Å². The van der Waals surface area contributed by atoms with Crippen LogP contribution in [0.15, 0.2) is 121 Å². The molecule has 2 fully saturated rings. The fraction of sp³-hybridized carbons (Fsp3) is 0.368. The van der Waals surface area contributed by atoms with Gasteiger partial charge >= 0.3 is 0 Å². The lowest BCUT2D eigenvalue weighted by Gasteiger charge is -2.50. The molecule has 0 N–H and O–H groups in total. The molecule has 298 valence electrons. The van der Waals surface area contributed by atoms with Crippen molar-refractivity contribution in [3.63, 3.8) is 0 Å². The summed E-state index contributed by atoms with van der Waals surface area (Å²) in [6.07, 6.45) is 10.0. The molecule has 11 rings (SSSR count). The van der Waals surface area contributed by atoms with Crippen molar-refractivity contribution in [2.75, 3.05) is 9.80 Å². The van der Waals surface area contributed by atoms with Crippen LogP contribution in [-0.4, -0.2) is 11.1 Å². The highest BCUT2D eigenvalue weighted by Crippen LogP contribution is 2.63. The second-order valence-corrected chi connectivity index (χ2v) is 20.5. The van der Waals surface area contributed by atoms with Gasteiger partial charge in [0.15, 0.2) is 0 Å². The maximum absolute atomic E-state index is 2.70. The largest absolute Gasteiger partial charge is 0.334 e. The first-order chi connectivity index (χ1) is 28.3. The normalized spacial score (nSPS) is 27.1.